The first-order valence-electron chi connectivity index (χ1n) is 9.76. The van der Waals surface area contributed by atoms with Crippen LogP contribution in [0.5, 0.6) is 0 Å². The van der Waals surface area contributed by atoms with E-state index in [4.69, 9.17) is 4.42 Å². The second kappa shape index (κ2) is 8.68. The van der Waals surface area contributed by atoms with E-state index in [9.17, 15) is 16.8 Å². The molecule has 0 fully saturated rings. The highest BCUT2D eigenvalue weighted by Gasteiger charge is 2.22. The summed E-state index contributed by atoms with van der Waals surface area (Å²) in [6.07, 6.45) is 0. The first-order valence-corrected chi connectivity index (χ1v) is 12.7. The Morgan fingerprint density at radius 3 is 2.00 bits per heavy atom. The fourth-order valence-electron chi connectivity index (χ4n) is 2.88. The van der Waals surface area contributed by atoms with Crippen molar-refractivity contribution in [3.63, 3.8) is 0 Å². The molecule has 0 saturated carbocycles. The fourth-order valence-corrected chi connectivity index (χ4v) is 4.82. The van der Waals surface area contributed by atoms with Crippen LogP contribution in [0.3, 0.4) is 0 Å². The number of para-hydroxylation sites is 2. The minimum absolute atomic E-state index is 0.0621. The predicted molar refractivity (Wildman–Crippen MR) is 125 cm³/mol. The van der Waals surface area contributed by atoms with Gasteiger partial charge in [0.05, 0.1) is 9.79 Å². The third-order valence-electron chi connectivity index (χ3n) is 4.61. The summed E-state index contributed by atoms with van der Waals surface area (Å²) in [5.41, 5.74) is 2.67. The number of hydrogen-bond donors (Lipinski definition) is 2. The molecule has 3 aromatic carbocycles. The Balaban J connectivity index is 1.74. The van der Waals surface area contributed by atoms with Crippen molar-refractivity contribution in [2.45, 2.75) is 23.6 Å². The van der Waals surface area contributed by atoms with Gasteiger partial charge < -0.3 is 4.42 Å². The van der Waals surface area contributed by atoms with E-state index >= 15 is 0 Å². The maximum Gasteiger partial charge on any atom is 0.302 e. The van der Waals surface area contributed by atoms with Gasteiger partial charge in [-0.3, -0.25) is 5.32 Å². The number of sulfonamides is 2. The lowest BCUT2D eigenvalue weighted by molar-refractivity contribution is 0.592. The Bertz CT molecular complexity index is 1510. The lowest BCUT2D eigenvalue weighted by Crippen LogP contribution is -2.36. The van der Waals surface area contributed by atoms with E-state index in [0.29, 0.717) is 11.1 Å². The summed E-state index contributed by atoms with van der Waals surface area (Å²) in [4.78, 5) is 4.03. The summed E-state index contributed by atoms with van der Waals surface area (Å²) in [6.45, 7) is 3.63. The molecular weight excluding hydrogens is 464 g/mol. The Hall–Kier alpha value is -3.70. The van der Waals surface area contributed by atoms with Crippen molar-refractivity contribution in [1.29, 1.82) is 0 Å². The summed E-state index contributed by atoms with van der Waals surface area (Å²) in [5, 5.41) is 2.55. The first kappa shape index (κ1) is 22.5. The summed E-state index contributed by atoms with van der Waals surface area (Å²) in [5.74, 6) is -0.581. The molecule has 0 aliphatic heterocycles. The summed E-state index contributed by atoms with van der Waals surface area (Å²) in [6, 6.07) is 18.8. The van der Waals surface area contributed by atoms with Gasteiger partial charge in [-0.05, 0) is 50.2 Å². The van der Waals surface area contributed by atoms with Crippen LogP contribution < -0.4 is 10.0 Å². The molecule has 1 aromatic heterocycles. The molecule has 0 aliphatic carbocycles. The van der Waals surface area contributed by atoms with Crippen LogP contribution in [0.25, 0.3) is 11.1 Å². The summed E-state index contributed by atoms with van der Waals surface area (Å²) < 4.78 is 63.0. The quantitative estimate of drug-likeness (QED) is 0.327. The number of nitrogens with one attached hydrogen (secondary N) is 2. The molecule has 0 radical (unpaired) electrons. The molecule has 0 unspecified atom stereocenters. The fraction of sp³-hybridized carbons (Fsp3) is 0.0909. The molecule has 170 valence electrons. The topological polar surface area (TPSA) is 131 Å². The van der Waals surface area contributed by atoms with Gasteiger partial charge in [0.15, 0.2) is 5.58 Å². The van der Waals surface area contributed by atoms with Gasteiger partial charge in [-0.2, -0.15) is 13.4 Å². The minimum Gasteiger partial charge on any atom is -0.423 e. The first-order chi connectivity index (χ1) is 15.6. The van der Waals surface area contributed by atoms with Crippen molar-refractivity contribution < 1.29 is 21.3 Å². The molecule has 4 aromatic rings. The van der Waals surface area contributed by atoms with Gasteiger partial charge in [-0.15, -0.1) is 4.40 Å². The number of hydrogen-bond acceptors (Lipinski definition) is 6. The van der Waals surface area contributed by atoms with E-state index in [0.717, 1.165) is 11.1 Å². The number of fused-ring (bicyclic) bond motifs is 1. The van der Waals surface area contributed by atoms with Crippen molar-refractivity contribution in [1.82, 2.24) is 9.71 Å². The molecule has 0 spiro atoms. The molecule has 1 heterocycles. The van der Waals surface area contributed by atoms with Crippen LogP contribution in [0.2, 0.25) is 0 Å². The van der Waals surface area contributed by atoms with Gasteiger partial charge in [0.1, 0.15) is 5.52 Å². The van der Waals surface area contributed by atoms with E-state index < -0.39 is 26.0 Å². The van der Waals surface area contributed by atoms with Crippen molar-refractivity contribution >= 4 is 43.1 Å². The maximum atomic E-state index is 12.9. The molecule has 0 amide bonds. The Labute approximate surface area is 191 Å². The number of oxazole rings is 1. The van der Waals surface area contributed by atoms with Crippen LogP contribution >= 0.6 is 0 Å². The average Bonchev–Trinajstić information content (AvgIpc) is 3.16. The van der Waals surface area contributed by atoms with Gasteiger partial charge in [-0.1, -0.05) is 47.5 Å². The lowest BCUT2D eigenvalue weighted by Gasteiger charge is -2.11. The number of nitrogens with zero attached hydrogens (tertiary/aromatic N) is 2. The zero-order valence-electron chi connectivity index (χ0n) is 17.7. The Morgan fingerprint density at radius 2 is 1.39 bits per heavy atom. The van der Waals surface area contributed by atoms with Gasteiger partial charge in [0, 0.05) is 0 Å². The van der Waals surface area contributed by atoms with E-state index in [1.165, 1.54) is 24.3 Å². The second-order valence-corrected chi connectivity index (χ2v) is 10.5. The van der Waals surface area contributed by atoms with Crippen LogP contribution in [-0.4, -0.2) is 27.8 Å². The SMILES string of the molecule is Cc1ccc(S(=O)(=O)N=C(Nc2nc3ccccc3o2)NS(=O)(=O)c2ccc(C)cc2)cc1. The van der Waals surface area contributed by atoms with Gasteiger partial charge in [0.2, 0.25) is 5.96 Å². The number of benzene rings is 3. The number of guanidine groups is 1. The van der Waals surface area contributed by atoms with E-state index in [1.807, 2.05) is 13.8 Å². The Morgan fingerprint density at radius 1 is 0.818 bits per heavy atom. The average molecular weight is 485 g/mol. The van der Waals surface area contributed by atoms with Crippen LogP contribution in [-0.2, 0) is 20.0 Å². The highest BCUT2D eigenvalue weighted by atomic mass is 32.2. The zero-order valence-corrected chi connectivity index (χ0v) is 19.3. The molecule has 4 rings (SSSR count). The van der Waals surface area contributed by atoms with Crippen LogP contribution in [0.1, 0.15) is 11.1 Å². The number of anilines is 1. The number of aromatic nitrogens is 1. The molecular formula is C22H20N4O5S2. The van der Waals surface area contributed by atoms with Crippen molar-refractivity contribution in [2.24, 2.45) is 4.40 Å². The van der Waals surface area contributed by atoms with Gasteiger partial charge in [-0.25, -0.2) is 13.1 Å². The largest absolute Gasteiger partial charge is 0.423 e. The molecule has 2 N–H and O–H groups in total. The van der Waals surface area contributed by atoms with Crippen molar-refractivity contribution in [3.05, 3.63) is 83.9 Å². The minimum atomic E-state index is -4.26. The van der Waals surface area contributed by atoms with Crippen molar-refractivity contribution in [2.75, 3.05) is 5.32 Å². The molecule has 0 atom stereocenters. The Kier molecular flexibility index (Phi) is 5.91. The van der Waals surface area contributed by atoms with Crippen LogP contribution in [0, 0.1) is 13.8 Å². The van der Waals surface area contributed by atoms with E-state index in [2.05, 4.69) is 19.4 Å². The normalized spacial score (nSPS) is 12.6. The van der Waals surface area contributed by atoms with Crippen molar-refractivity contribution in [3.8, 4) is 0 Å². The van der Waals surface area contributed by atoms with Crippen LogP contribution in [0.4, 0.5) is 6.01 Å². The molecule has 9 nitrogen and oxygen atoms in total. The van der Waals surface area contributed by atoms with E-state index in [-0.39, 0.29) is 15.8 Å². The predicted octanol–water partition coefficient (Wildman–Crippen LogP) is 3.58. The zero-order chi connectivity index (χ0) is 23.6. The van der Waals surface area contributed by atoms with Crippen LogP contribution in [0.15, 0.2) is 91.4 Å². The summed E-state index contributed by atoms with van der Waals surface area (Å²) in [7, 11) is -8.42. The smallest absolute Gasteiger partial charge is 0.302 e. The standard InChI is InChI=1S/C22H20N4O5S2/c1-15-7-11-17(12-8-15)32(27,28)25-21(24-22-23-19-5-3-4-6-20(19)31-22)26-33(29,30)18-13-9-16(2)10-14-18/h3-14H,1-2H3,(H2,23,24,25,26). The van der Waals surface area contributed by atoms with Gasteiger partial charge >= 0.3 is 6.01 Å². The van der Waals surface area contributed by atoms with E-state index in [1.54, 1.807) is 48.5 Å². The summed E-state index contributed by atoms with van der Waals surface area (Å²) >= 11 is 0. The number of aryl methyl sites for hydroxylation is 2. The second-order valence-electron chi connectivity index (χ2n) is 7.26. The van der Waals surface area contributed by atoms with Gasteiger partial charge in [0.25, 0.3) is 20.0 Å². The third-order valence-corrected chi connectivity index (χ3v) is 7.26. The lowest BCUT2D eigenvalue weighted by atomic mass is 10.2. The molecule has 0 bridgehead atoms. The number of rotatable bonds is 5. The highest BCUT2D eigenvalue weighted by Crippen LogP contribution is 2.19. The monoisotopic (exact) mass is 484 g/mol. The molecule has 11 heteroatoms. The maximum absolute atomic E-state index is 12.9. The third kappa shape index (κ3) is 5.21. The molecule has 0 saturated heterocycles. The molecule has 33 heavy (non-hydrogen) atoms. The molecule has 0 aliphatic rings. The highest BCUT2D eigenvalue weighted by molar-refractivity contribution is 7.91.